The Morgan fingerprint density at radius 2 is 1.79 bits per heavy atom. The van der Waals surface area contributed by atoms with Crippen molar-refractivity contribution in [3.05, 3.63) is 94.4 Å². The number of rotatable bonds is 6. The number of amides is 1. The number of hydrogen-bond donors (Lipinski definition) is 2. The minimum atomic E-state index is -0.325. The summed E-state index contributed by atoms with van der Waals surface area (Å²) in [5.41, 5.74) is 1.09. The van der Waals surface area contributed by atoms with E-state index in [-0.39, 0.29) is 17.2 Å². The number of nitrogens with zero attached hydrogens (tertiary/aromatic N) is 3. The van der Waals surface area contributed by atoms with Gasteiger partial charge in [-0.2, -0.15) is 5.10 Å². The van der Waals surface area contributed by atoms with E-state index in [0.29, 0.717) is 23.7 Å². The zero-order chi connectivity index (χ0) is 19.3. The maximum absolute atomic E-state index is 12.6. The molecule has 0 bridgehead atoms. The molecule has 1 amide bonds. The van der Waals surface area contributed by atoms with E-state index in [4.69, 9.17) is 0 Å². The average Bonchev–Trinajstić information content (AvgIpc) is 3.16. The van der Waals surface area contributed by atoms with Gasteiger partial charge in [0.2, 0.25) is 0 Å². The van der Waals surface area contributed by atoms with E-state index in [1.54, 1.807) is 30.5 Å². The number of nitrogens with one attached hydrogen (secondary N) is 2. The molecule has 2 aromatic heterocycles. The number of aromatic amines is 1. The number of hydrogen-bond acceptors (Lipinski definition) is 4. The quantitative estimate of drug-likeness (QED) is 0.542. The predicted octanol–water partition coefficient (Wildman–Crippen LogP) is 2.14. The maximum Gasteiger partial charge on any atom is 0.272 e. The molecule has 140 valence electrons. The first-order valence-corrected chi connectivity index (χ1v) is 9.02. The van der Waals surface area contributed by atoms with Gasteiger partial charge in [-0.15, -0.1) is 0 Å². The zero-order valence-corrected chi connectivity index (χ0v) is 15.1. The third kappa shape index (κ3) is 3.68. The summed E-state index contributed by atoms with van der Waals surface area (Å²) in [5, 5.41) is 10.2. The molecule has 2 aromatic carbocycles. The Hall–Kier alpha value is -3.74. The number of imidazole rings is 1. The van der Waals surface area contributed by atoms with E-state index in [9.17, 15) is 9.59 Å². The standard InChI is InChI=1S/C21H19N5O2/c27-20-17-9-5-4-8-16(17)19(24-25-20)21(28)23-11-10-18-22-12-13-26(18)14-15-6-2-1-3-7-15/h1-9,12-13H,10-11,14H2,(H,23,28)(H,25,27). The Morgan fingerprint density at radius 1 is 1.04 bits per heavy atom. The third-order valence-electron chi connectivity index (χ3n) is 4.54. The van der Waals surface area contributed by atoms with Crippen LogP contribution in [0.3, 0.4) is 0 Å². The molecular weight excluding hydrogens is 354 g/mol. The van der Waals surface area contributed by atoms with E-state index in [2.05, 4.69) is 37.2 Å². The van der Waals surface area contributed by atoms with Gasteiger partial charge >= 0.3 is 0 Å². The van der Waals surface area contributed by atoms with Gasteiger partial charge in [0, 0.05) is 37.3 Å². The lowest BCUT2D eigenvalue weighted by Gasteiger charge is -2.09. The number of carbonyl (C=O) groups excluding carboxylic acids is 1. The van der Waals surface area contributed by atoms with E-state index in [1.165, 1.54) is 5.56 Å². The van der Waals surface area contributed by atoms with Crippen LogP contribution in [0, 0.1) is 0 Å². The van der Waals surface area contributed by atoms with Crippen LogP contribution in [0.5, 0.6) is 0 Å². The van der Waals surface area contributed by atoms with E-state index >= 15 is 0 Å². The van der Waals surface area contributed by atoms with Crippen molar-refractivity contribution in [3.8, 4) is 0 Å². The van der Waals surface area contributed by atoms with Gasteiger partial charge in [-0.3, -0.25) is 9.59 Å². The second-order valence-electron chi connectivity index (χ2n) is 6.41. The third-order valence-corrected chi connectivity index (χ3v) is 4.54. The van der Waals surface area contributed by atoms with Crippen molar-refractivity contribution in [2.45, 2.75) is 13.0 Å². The molecular formula is C21H19N5O2. The summed E-state index contributed by atoms with van der Waals surface area (Å²) in [7, 11) is 0. The van der Waals surface area contributed by atoms with E-state index in [0.717, 1.165) is 12.4 Å². The lowest BCUT2D eigenvalue weighted by atomic mass is 10.1. The lowest BCUT2D eigenvalue weighted by molar-refractivity contribution is 0.0949. The fraction of sp³-hybridized carbons (Fsp3) is 0.143. The van der Waals surface area contributed by atoms with Gasteiger partial charge in [0.05, 0.1) is 5.39 Å². The largest absolute Gasteiger partial charge is 0.350 e. The first-order chi connectivity index (χ1) is 13.7. The Kier molecular flexibility index (Phi) is 4.97. The molecule has 7 heteroatoms. The Labute approximate surface area is 161 Å². The summed E-state index contributed by atoms with van der Waals surface area (Å²) in [6.07, 6.45) is 4.28. The minimum Gasteiger partial charge on any atom is -0.350 e. The molecule has 0 fully saturated rings. The molecule has 0 aliphatic heterocycles. The van der Waals surface area contributed by atoms with Crippen LogP contribution < -0.4 is 10.9 Å². The Balaban J connectivity index is 1.43. The molecule has 4 rings (SSSR count). The van der Waals surface area contributed by atoms with Crippen LogP contribution in [0.25, 0.3) is 10.8 Å². The van der Waals surface area contributed by atoms with Crippen molar-refractivity contribution >= 4 is 16.7 Å². The van der Waals surface area contributed by atoms with Gasteiger partial charge in [-0.25, -0.2) is 10.1 Å². The molecule has 4 aromatic rings. The summed E-state index contributed by atoms with van der Waals surface area (Å²) < 4.78 is 2.06. The summed E-state index contributed by atoms with van der Waals surface area (Å²) in [6.45, 7) is 1.15. The molecule has 0 spiro atoms. The van der Waals surface area contributed by atoms with E-state index in [1.807, 2.05) is 24.4 Å². The van der Waals surface area contributed by atoms with Crippen molar-refractivity contribution in [2.75, 3.05) is 6.54 Å². The monoisotopic (exact) mass is 373 g/mol. The van der Waals surface area contributed by atoms with Gasteiger partial charge in [0.1, 0.15) is 5.82 Å². The van der Waals surface area contributed by atoms with Crippen LogP contribution in [0.15, 0.2) is 71.8 Å². The highest BCUT2D eigenvalue weighted by Gasteiger charge is 2.14. The van der Waals surface area contributed by atoms with Gasteiger partial charge in [0.15, 0.2) is 5.69 Å². The molecule has 0 unspecified atom stereocenters. The van der Waals surface area contributed by atoms with Gasteiger partial charge in [-0.1, -0.05) is 48.5 Å². The van der Waals surface area contributed by atoms with Gasteiger partial charge < -0.3 is 9.88 Å². The highest BCUT2D eigenvalue weighted by Crippen LogP contribution is 2.12. The van der Waals surface area contributed by atoms with Crippen molar-refractivity contribution in [1.29, 1.82) is 0 Å². The number of fused-ring (bicyclic) bond motifs is 1. The molecule has 28 heavy (non-hydrogen) atoms. The first-order valence-electron chi connectivity index (χ1n) is 9.02. The molecule has 2 heterocycles. The van der Waals surface area contributed by atoms with Crippen LogP contribution >= 0.6 is 0 Å². The van der Waals surface area contributed by atoms with Crippen LogP contribution in [-0.2, 0) is 13.0 Å². The SMILES string of the molecule is O=C(NCCc1nccn1Cc1ccccc1)c1n[nH]c(=O)c2ccccc12. The number of carbonyl (C=O) groups is 1. The Morgan fingerprint density at radius 3 is 2.61 bits per heavy atom. The molecule has 0 saturated carbocycles. The van der Waals surface area contributed by atoms with Gasteiger partial charge in [0.25, 0.3) is 11.5 Å². The molecule has 2 N–H and O–H groups in total. The molecule has 0 saturated heterocycles. The predicted molar refractivity (Wildman–Crippen MR) is 106 cm³/mol. The zero-order valence-electron chi connectivity index (χ0n) is 15.1. The topological polar surface area (TPSA) is 92.7 Å². The number of benzene rings is 2. The minimum absolute atomic E-state index is 0.211. The second kappa shape index (κ2) is 7.87. The molecule has 7 nitrogen and oxygen atoms in total. The summed E-state index contributed by atoms with van der Waals surface area (Å²) in [4.78, 5) is 28.8. The first kappa shape index (κ1) is 17.7. The lowest BCUT2D eigenvalue weighted by Crippen LogP contribution is -2.29. The fourth-order valence-electron chi connectivity index (χ4n) is 3.15. The van der Waals surface area contributed by atoms with E-state index < -0.39 is 0 Å². The van der Waals surface area contributed by atoms with Crippen molar-refractivity contribution in [1.82, 2.24) is 25.1 Å². The van der Waals surface area contributed by atoms with Crippen molar-refractivity contribution in [3.63, 3.8) is 0 Å². The number of H-pyrrole nitrogens is 1. The Bertz CT molecular complexity index is 1160. The molecule has 0 radical (unpaired) electrons. The molecule has 0 aliphatic rings. The van der Waals surface area contributed by atoms with Crippen molar-refractivity contribution in [2.24, 2.45) is 0 Å². The summed E-state index contributed by atoms with van der Waals surface area (Å²) in [5.74, 6) is 0.567. The highest BCUT2D eigenvalue weighted by molar-refractivity contribution is 6.04. The van der Waals surface area contributed by atoms with Crippen LogP contribution in [0.1, 0.15) is 21.9 Å². The summed E-state index contributed by atoms with van der Waals surface area (Å²) in [6, 6.07) is 17.1. The number of aromatic nitrogens is 4. The smallest absolute Gasteiger partial charge is 0.272 e. The molecule has 0 aliphatic carbocycles. The summed E-state index contributed by atoms with van der Waals surface area (Å²) >= 11 is 0. The second-order valence-corrected chi connectivity index (χ2v) is 6.41. The fourth-order valence-corrected chi connectivity index (χ4v) is 3.15. The normalized spacial score (nSPS) is 10.9. The molecule has 0 atom stereocenters. The van der Waals surface area contributed by atoms with Gasteiger partial charge in [-0.05, 0) is 11.6 Å². The average molecular weight is 373 g/mol. The van der Waals surface area contributed by atoms with Crippen LogP contribution in [-0.4, -0.2) is 32.2 Å². The van der Waals surface area contributed by atoms with Crippen LogP contribution in [0.2, 0.25) is 0 Å². The van der Waals surface area contributed by atoms with Crippen LogP contribution in [0.4, 0.5) is 0 Å². The maximum atomic E-state index is 12.6. The van der Waals surface area contributed by atoms with Crippen molar-refractivity contribution < 1.29 is 4.79 Å². The highest BCUT2D eigenvalue weighted by atomic mass is 16.2.